The Morgan fingerprint density at radius 3 is 2.76 bits per heavy atom. The second-order valence-corrected chi connectivity index (χ2v) is 5.78. The van der Waals surface area contributed by atoms with Gasteiger partial charge >= 0.3 is 0 Å². The van der Waals surface area contributed by atoms with E-state index in [0.29, 0.717) is 19.1 Å². The molecule has 4 nitrogen and oxygen atoms in total. The second kappa shape index (κ2) is 5.36. The predicted molar refractivity (Wildman–Crippen MR) is 66.7 cm³/mol. The number of hydrogen-bond acceptors (Lipinski definition) is 3. The Morgan fingerprint density at radius 2 is 2.12 bits per heavy atom. The van der Waals surface area contributed by atoms with Crippen molar-refractivity contribution in [2.75, 3.05) is 19.6 Å². The van der Waals surface area contributed by atoms with Crippen molar-refractivity contribution in [2.45, 2.75) is 57.1 Å². The molecule has 0 bridgehead atoms. The van der Waals surface area contributed by atoms with E-state index in [-0.39, 0.29) is 5.91 Å². The second-order valence-electron chi connectivity index (χ2n) is 5.78. The highest BCUT2D eigenvalue weighted by molar-refractivity contribution is 5.78. The van der Waals surface area contributed by atoms with Gasteiger partial charge in [-0.25, -0.2) is 0 Å². The maximum Gasteiger partial charge on any atom is 0.236 e. The standard InChI is InChI=1S/C13H24N2O2/c1-13(17)7-4-8-15(10-13)12(16)9-14-11-5-2-3-6-11/h11,14,17H,2-10H2,1H3. The monoisotopic (exact) mass is 240 g/mol. The molecule has 2 aliphatic rings. The van der Waals surface area contributed by atoms with Crippen molar-refractivity contribution in [3.05, 3.63) is 0 Å². The van der Waals surface area contributed by atoms with Crippen LogP contribution in [0.3, 0.4) is 0 Å². The lowest BCUT2D eigenvalue weighted by molar-refractivity contribution is -0.136. The first-order chi connectivity index (χ1) is 8.07. The number of carbonyl (C=O) groups excluding carboxylic acids is 1. The summed E-state index contributed by atoms with van der Waals surface area (Å²) in [6.45, 7) is 3.52. The highest BCUT2D eigenvalue weighted by atomic mass is 16.3. The van der Waals surface area contributed by atoms with Gasteiger partial charge in [-0.3, -0.25) is 4.79 Å². The minimum Gasteiger partial charge on any atom is -0.388 e. The molecule has 98 valence electrons. The first-order valence-electron chi connectivity index (χ1n) is 6.80. The van der Waals surface area contributed by atoms with E-state index < -0.39 is 5.60 Å². The fourth-order valence-corrected chi connectivity index (χ4v) is 2.91. The Hall–Kier alpha value is -0.610. The molecule has 1 saturated carbocycles. The van der Waals surface area contributed by atoms with E-state index in [0.717, 1.165) is 19.4 Å². The third-order valence-electron chi connectivity index (χ3n) is 3.92. The number of nitrogens with zero attached hydrogens (tertiary/aromatic N) is 1. The zero-order valence-corrected chi connectivity index (χ0v) is 10.7. The van der Waals surface area contributed by atoms with Crippen LogP contribution in [0.1, 0.15) is 45.4 Å². The molecule has 2 fully saturated rings. The summed E-state index contributed by atoms with van der Waals surface area (Å²) < 4.78 is 0. The molecule has 1 atom stereocenters. The van der Waals surface area contributed by atoms with Gasteiger partial charge in [-0.05, 0) is 32.6 Å². The average Bonchev–Trinajstić information content (AvgIpc) is 2.77. The molecule has 1 heterocycles. The topological polar surface area (TPSA) is 52.6 Å². The number of piperidine rings is 1. The summed E-state index contributed by atoms with van der Waals surface area (Å²) in [5, 5.41) is 13.3. The molecule has 1 aliphatic carbocycles. The fraction of sp³-hybridized carbons (Fsp3) is 0.923. The van der Waals surface area contributed by atoms with Crippen molar-refractivity contribution in [1.29, 1.82) is 0 Å². The Balaban J connectivity index is 1.75. The summed E-state index contributed by atoms with van der Waals surface area (Å²) in [5.41, 5.74) is -0.693. The van der Waals surface area contributed by atoms with E-state index >= 15 is 0 Å². The maximum atomic E-state index is 12.0. The van der Waals surface area contributed by atoms with E-state index in [4.69, 9.17) is 0 Å². The van der Waals surface area contributed by atoms with Gasteiger partial charge in [0.05, 0.1) is 12.1 Å². The quantitative estimate of drug-likeness (QED) is 0.770. The number of nitrogens with one attached hydrogen (secondary N) is 1. The number of likely N-dealkylation sites (tertiary alicyclic amines) is 1. The lowest BCUT2D eigenvalue weighted by Gasteiger charge is -2.37. The molecule has 0 aromatic carbocycles. The van der Waals surface area contributed by atoms with Crippen molar-refractivity contribution in [1.82, 2.24) is 10.2 Å². The Morgan fingerprint density at radius 1 is 1.41 bits per heavy atom. The first kappa shape index (κ1) is 12.8. The van der Waals surface area contributed by atoms with Gasteiger partial charge in [0.2, 0.25) is 5.91 Å². The largest absolute Gasteiger partial charge is 0.388 e. The number of rotatable bonds is 3. The Kier molecular flexibility index (Phi) is 4.05. The zero-order chi connectivity index (χ0) is 12.3. The Bertz CT molecular complexity index is 273. The molecule has 1 saturated heterocycles. The highest BCUT2D eigenvalue weighted by Gasteiger charge is 2.30. The molecule has 1 amide bonds. The van der Waals surface area contributed by atoms with Gasteiger partial charge in [-0.15, -0.1) is 0 Å². The van der Waals surface area contributed by atoms with Crippen LogP contribution in [0, 0.1) is 0 Å². The number of aliphatic hydroxyl groups is 1. The van der Waals surface area contributed by atoms with Crippen LogP contribution in [0.15, 0.2) is 0 Å². The van der Waals surface area contributed by atoms with E-state index in [9.17, 15) is 9.90 Å². The normalized spacial score (nSPS) is 30.8. The van der Waals surface area contributed by atoms with Crippen LogP contribution in [0.25, 0.3) is 0 Å². The lowest BCUT2D eigenvalue weighted by atomic mass is 9.95. The van der Waals surface area contributed by atoms with Crippen molar-refractivity contribution >= 4 is 5.91 Å². The van der Waals surface area contributed by atoms with Gasteiger partial charge in [0, 0.05) is 19.1 Å². The number of amides is 1. The molecule has 17 heavy (non-hydrogen) atoms. The Labute approximate surface area is 103 Å². The lowest BCUT2D eigenvalue weighted by Crippen LogP contribution is -2.51. The molecule has 0 spiro atoms. The molecule has 0 radical (unpaired) electrons. The van der Waals surface area contributed by atoms with Crippen LogP contribution in [-0.2, 0) is 4.79 Å². The molecular formula is C13H24N2O2. The van der Waals surface area contributed by atoms with Crippen LogP contribution >= 0.6 is 0 Å². The fourth-order valence-electron chi connectivity index (χ4n) is 2.91. The van der Waals surface area contributed by atoms with Crippen molar-refractivity contribution in [3.8, 4) is 0 Å². The van der Waals surface area contributed by atoms with Gasteiger partial charge < -0.3 is 15.3 Å². The molecule has 2 N–H and O–H groups in total. The van der Waals surface area contributed by atoms with Crippen molar-refractivity contribution in [2.24, 2.45) is 0 Å². The summed E-state index contributed by atoms with van der Waals surface area (Å²) in [5.74, 6) is 0.136. The third kappa shape index (κ3) is 3.68. The van der Waals surface area contributed by atoms with Gasteiger partial charge in [0.25, 0.3) is 0 Å². The van der Waals surface area contributed by atoms with Gasteiger partial charge in [-0.1, -0.05) is 12.8 Å². The van der Waals surface area contributed by atoms with Crippen LogP contribution in [-0.4, -0.2) is 47.2 Å². The summed E-state index contributed by atoms with van der Waals surface area (Å²) >= 11 is 0. The third-order valence-corrected chi connectivity index (χ3v) is 3.92. The maximum absolute atomic E-state index is 12.0. The minimum atomic E-state index is -0.693. The SMILES string of the molecule is CC1(O)CCCN(C(=O)CNC2CCCC2)C1. The number of carbonyl (C=O) groups is 1. The van der Waals surface area contributed by atoms with Crippen LogP contribution in [0.4, 0.5) is 0 Å². The zero-order valence-electron chi connectivity index (χ0n) is 10.7. The van der Waals surface area contributed by atoms with Crippen molar-refractivity contribution in [3.63, 3.8) is 0 Å². The number of β-amino-alcohol motifs (C(OH)–C–C–N with tert-alkyl or cyclic N) is 1. The number of hydrogen-bond donors (Lipinski definition) is 2. The van der Waals surface area contributed by atoms with E-state index in [2.05, 4.69) is 5.32 Å². The first-order valence-corrected chi connectivity index (χ1v) is 6.80. The summed E-state index contributed by atoms with van der Waals surface area (Å²) in [4.78, 5) is 13.8. The van der Waals surface area contributed by atoms with E-state index in [1.54, 1.807) is 4.90 Å². The van der Waals surface area contributed by atoms with Gasteiger partial charge in [-0.2, -0.15) is 0 Å². The molecular weight excluding hydrogens is 216 g/mol. The van der Waals surface area contributed by atoms with Crippen molar-refractivity contribution < 1.29 is 9.90 Å². The minimum absolute atomic E-state index is 0.136. The van der Waals surface area contributed by atoms with Crippen LogP contribution < -0.4 is 5.32 Å². The summed E-state index contributed by atoms with van der Waals surface area (Å²) in [6.07, 6.45) is 6.67. The summed E-state index contributed by atoms with van der Waals surface area (Å²) in [7, 11) is 0. The summed E-state index contributed by atoms with van der Waals surface area (Å²) in [6, 6.07) is 0.532. The van der Waals surface area contributed by atoms with E-state index in [1.807, 2.05) is 6.92 Å². The average molecular weight is 240 g/mol. The smallest absolute Gasteiger partial charge is 0.236 e. The molecule has 4 heteroatoms. The molecule has 2 rings (SSSR count). The predicted octanol–water partition coefficient (Wildman–Crippen LogP) is 0.892. The molecule has 1 aliphatic heterocycles. The molecule has 1 unspecified atom stereocenters. The van der Waals surface area contributed by atoms with Gasteiger partial charge in [0.15, 0.2) is 0 Å². The van der Waals surface area contributed by atoms with Gasteiger partial charge in [0.1, 0.15) is 0 Å². The van der Waals surface area contributed by atoms with E-state index in [1.165, 1.54) is 25.7 Å². The highest BCUT2D eigenvalue weighted by Crippen LogP contribution is 2.20. The molecule has 0 aromatic heterocycles. The van der Waals surface area contributed by atoms with Crippen LogP contribution in [0.2, 0.25) is 0 Å². The molecule has 0 aromatic rings. The van der Waals surface area contributed by atoms with Crippen LogP contribution in [0.5, 0.6) is 0 Å².